The lowest BCUT2D eigenvalue weighted by atomic mass is 10.1. The molecule has 1 aliphatic rings. The molecule has 0 saturated carbocycles. The molecule has 1 saturated heterocycles. The molecule has 2 aromatic heterocycles. The molecule has 2 aromatic rings. The van der Waals surface area contributed by atoms with E-state index in [9.17, 15) is 0 Å². The summed E-state index contributed by atoms with van der Waals surface area (Å²) in [4.78, 5) is 13.4. The summed E-state index contributed by atoms with van der Waals surface area (Å²) < 4.78 is 0. The van der Waals surface area contributed by atoms with Gasteiger partial charge in [-0.25, -0.2) is 15.0 Å². The minimum atomic E-state index is 0.421. The molecule has 0 unspecified atom stereocenters. The summed E-state index contributed by atoms with van der Waals surface area (Å²) in [6.07, 6.45) is 2.87. The Hall–Kier alpha value is -2.01. The number of hydrogen-bond donors (Lipinski definition) is 2. The van der Waals surface area contributed by atoms with Crippen molar-refractivity contribution in [3.63, 3.8) is 0 Å². The van der Waals surface area contributed by atoms with Gasteiger partial charge in [0.05, 0.1) is 0 Å². The zero-order chi connectivity index (χ0) is 13.1. The van der Waals surface area contributed by atoms with E-state index in [4.69, 9.17) is 0 Å². The van der Waals surface area contributed by atoms with Crippen LogP contribution in [0, 0.1) is 6.92 Å². The number of rotatable bonds is 3. The third kappa shape index (κ3) is 2.88. The Morgan fingerprint density at radius 3 is 2.95 bits per heavy atom. The molecule has 1 fully saturated rings. The average molecular weight is 255 g/mol. The maximum absolute atomic E-state index is 4.61. The molecule has 19 heavy (non-hydrogen) atoms. The molecule has 0 spiro atoms. The van der Waals surface area contributed by atoms with Crippen molar-refractivity contribution >= 4 is 11.6 Å². The lowest BCUT2D eigenvalue weighted by molar-refractivity contribution is 0.698. The van der Waals surface area contributed by atoms with Gasteiger partial charge in [-0.3, -0.25) is 0 Å². The van der Waals surface area contributed by atoms with Gasteiger partial charge in [0.1, 0.15) is 17.5 Å². The minimum absolute atomic E-state index is 0.421. The van der Waals surface area contributed by atoms with Gasteiger partial charge in [0.25, 0.3) is 0 Å². The Balaban J connectivity index is 1.85. The van der Waals surface area contributed by atoms with E-state index in [0.29, 0.717) is 5.92 Å². The van der Waals surface area contributed by atoms with Gasteiger partial charge in [-0.2, -0.15) is 0 Å². The number of pyridine rings is 1. The standard InChI is InChI=1S/C14H17N5/c1-10-8-13(18-12-4-2-3-6-16-12)19-14(17-10)11-5-7-15-9-11/h2-4,6,8,11,15H,5,7,9H2,1H3,(H,16,17,18,19)/t11-/m0/s1. The van der Waals surface area contributed by atoms with E-state index >= 15 is 0 Å². The SMILES string of the molecule is Cc1cc(Nc2ccccn2)nc([C@H]2CCNC2)n1. The fourth-order valence-electron chi connectivity index (χ4n) is 2.28. The summed E-state index contributed by atoms with van der Waals surface area (Å²) in [6.45, 7) is 4.01. The molecule has 5 heteroatoms. The smallest absolute Gasteiger partial charge is 0.135 e. The number of nitrogens with zero attached hydrogens (tertiary/aromatic N) is 3. The van der Waals surface area contributed by atoms with Gasteiger partial charge in [-0.05, 0) is 32.0 Å². The Morgan fingerprint density at radius 2 is 2.21 bits per heavy atom. The summed E-state index contributed by atoms with van der Waals surface area (Å²) >= 11 is 0. The van der Waals surface area contributed by atoms with E-state index in [2.05, 4.69) is 25.6 Å². The van der Waals surface area contributed by atoms with Crippen LogP contribution in [0.25, 0.3) is 0 Å². The van der Waals surface area contributed by atoms with Gasteiger partial charge < -0.3 is 10.6 Å². The minimum Gasteiger partial charge on any atom is -0.325 e. The van der Waals surface area contributed by atoms with Gasteiger partial charge in [-0.1, -0.05) is 6.07 Å². The van der Waals surface area contributed by atoms with E-state index < -0.39 is 0 Å². The summed E-state index contributed by atoms with van der Waals surface area (Å²) in [5.74, 6) is 2.96. The van der Waals surface area contributed by atoms with Crippen LogP contribution in [0.3, 0.4) is 0 Å². The van der Waals surface area contributed by atoms with Gasteiger partial charge in [0, 0.05) is 30.4 Å². The molecule has 98 valence electrons. The van der Waals surface area contributed by atoms with Gasteiger partial charge in [-0.15, -0.1) is 0 Å². The van der Waals surface area contributed by atoms with Crippen LogP contribution in [0.4, 0.5) is 11.6 Å². The lowest BCUT2D eigenvalue weighted by Gasteiger charge is -2.11. The lowest BCUT2D eigenvalue weighted by Crippen LogP contribution is -2.11. The highest BCUT2D eigenvalue weighted by Gasteiger charge is 2.20. The first-order valence-electron chi connectivity index (χ1n) is 6.55. The van der Waals surface area contributed by atoms with E-state index in [-0.39, 0.29) is 0 Å². The van der Waals surface area contributed by atoms with Crippen LogP contribution < -0.4 is 10.6 Å². The van der Waals surface area contributed by atoms with Gasteiger partial charge in [0.2, 0.25) is 0 Å². The van der Waals surface area contributed by atoms with Crippen molar-refractivity contribution < 1.29 is 0 Å². The van der Waals surface area contributed by atoms with Crippen LogP contribution >= 0.6 is 0 Å². The quantitative estimate of drug-likeness (QED) is 0.878. The molecule has 5 nitrogen and oxygen atoms in total. The third-order valence-corrected chi connectivity index (χ3v) is 3.22. The van der Waals surface area contributed by atoms with Crippen molar-refractivity contribution in [2.45, 2.75) is 19.3 Å². The van der Waals surface area contributed by atoms with E-state index in [1.807, 2.05) is 31.2 Å². The van der Waals surface area contributed by atoms with Crippen LogP contribution in [0.5, 0.6) is 0 Å². The monoisotopic (exact) mass is 255 g/mol. The third-order valence-electron chi connectivity index (χ3n) is 3.22. The van der Waals surface area contributed by atoms with E-state index in [0.717, 1.165) is 42.7 Å². The van der Waals surface area contributed by atoms with Crippen molar-refractivity contribution in [1.82, 2.24) is 20.3 Å². The largest absolute Gasteiger partial charge is 0.325 e. The number of aryl methyl sites for hydroxylation is 1. The Bertz CT molecular complexity index is 549. The normalized spacial score (nSPS) is 18.5. The molecule has 0 aromatic carbocycles. The van der Waals surface area contributed by atoms with Crippen molar-refractivity contribution in [2.75, 3.05) is 18.4 Å². The highest BCUT2D eigenvalue weighted by atomic mass is 15.1. The zero-order valence-electron chi connectivity index (χ0n) is 10.9. The molecule has 0 aliphatic carbocycles. The van der Waals surface area contributed by atoms with E-state index in [1.165, 1.54) is 0 Å². The van der Waals surface area contributed by atoms with Gasteiger partial charge >= 0.3 is 0 Å². The molecular formula is C14H17N5. The van der Waals surface area contributed by atoms with Crippen molar-refractivity contribution in [3.05, 3.63) is 42.0 Å². The molecular weight excluding hydrogens is 238 g/mol. The molecule has 0 bridgehead atoms. The topological polar surface area (TPSA) is 62.7 Å². The highest BCUT2D eigenvalue weighted by molar-refractivity contribution is 5.51. The molecule has 3 rings (SSSR count). The number of hydrogen-bond acceptors (Lipinski definition) is 5. The predicted molar refractivity (Wildman–Crippen MR) is 74.5 cm³/mol. The summed E-state index contributed by atoms with van der Waals surface area (Å²) in [6, 6.07) is 7.71. The molecule has 2 N–H and O–H groups in total. The number of nitrogens with one attached hydrogen (secondary N) is 2. The summed E-state index contributed by atoms with van der Waals surface area (Å²) in [5.41, 5.74) is 0.982. The van der Waals surface area contributed by atoms with Crippen LogP contribution in [-0.4, -0.2) is 28.0 Å². The van der Waals surface area contributed by atoms with Crippen molar-refractivity contribution in [2.24, 2.45) is 0 Å². The van der Waals surface area contributed by atoms with Crippen LogP contribution in [0.1, 0.15) is 23.9 Å². The zero-order valence-corrected chi connectivity index (χ0v) is 10.9. The second kappa shape index (κ2) is 5.32. The van der Waals surface area contributed by atoms with Gasteiger partial charge in [0.15, 0.2) is 0 Å². The molecule has 1 aliphatic heterocycles. The van der Waals surface area contributed by atoms with Crippen LogP contribution in [0.15, 0.2) is 30.5 Å². The number of aromatic nitrogens is 3. The number of anilines is 2. The molecule has 1 atom stereocenters. The van der Waals surface area contributed by atoms with Crippen LogP contribution in [-0.2, 0) is 0 Å². The Morgan fingerprint density at radius 1 is 1.26 bits per heavy atom. The van der Waals surface area contributed by atoms with Crippen LogP contribution in [0.2, 0.25) is 0 Å². The summed E-state index contributed by atoms with van der Waals surface area (Å²) in [7, 11) is 0. The fraction of sp³-hybridized carbons (Fsp3) is 0.357. The van der Waals surface area contributed by atoms with Crippen molar-refractivity contribution in [1.29, 1.82) is 0 Å². The maximum atomic E-state index is 4.61. The first-order valence-corrected chi connectivity index (χ1v) is 6.55. The Labute approximate surface area is 112 Å². The van der Waals surface area contributed by atoms with E-state index in [1.54, 1.807) is 6.20 Å². The van der Waals surface area contributed by atoms with Crippen molar-refractivity contribution in [3.8, 4) is 0 Å². The fourth-order valence-corrected chi connectivity index (χ4v) is 2.28. The average Bonchev–Trinajstić information content (AvgIpc) is 2.93. The second-order valence-corrected chi connectivity index (χ2v) is 4.78. The molecule has 0 radical (unpaired) electrons. The first kappa shape index (κ1) is 12.0. The molecule has 3 heterocycles. The highest BCUT2D eigenvalue weighted by Crippen LogP contribution is 2.21. The maximum Gasteiger partial charge on any atom is 0.135 e. The second-order valence-electron chi connectivity index (χ2n) is 4.78. The summed E-state index contributed by atoms with van der Waals surface area (Å²) in [5, 5.41) is 6.57. The Kier molecular flexibility index (Phi) is 3.37. The first-order chi connectivity index (χ1) is 9.31. The predicted octanol–water partition coefficient (Wildman–Crippen LogP) is 2.00. The molecule has 0 amide bonds.